The zero-order valence-electron chi connectivity index (χ0n) is 19.7. The van der Waals surface area contributed by atoms with Crippen molar-refractivity contribution in [2.24, 2.45) is 7.05 Å². The average Bonchev–Trinajstić information content (AvgIpc) is 3.37. The number of nitrogens with one attached hydrogen (secondary N) is 2. The summed E-state index contributed by atoms with van der Waals surface area (Å²) in [5.41, 5.74) is 4.52. The SMILES string of the molecule is CCC(CCC(=O)Nc1nn(C)cc1C(=O)O)NC(=O)OCC1c2ccccc2-c2ccccc21. The van der Waals surface area contributed by atoms with Crippen LogP contribution in [0, 0.1) is 0 Å². The fraction of sp³-hybridized carbons (Fsp3) is 0.308. The van der Waals surface area contributed by atoms with Crippen LogP contribution in [0.3, 0.4) is 0 Å². The molecule has 9 heteroatoms. The molecule has 3 N–H and O–H groups in total. The number of aromatic nitrogens is 2. The van der Waals surface area contributed by atoms with Gasteiger partial charge in [0.2, 0.25) is 5.91 Å². The second-order valence-corrected chi connectivity index (χ2v) is 8.53. The Morgan fingerprint density at radius 3 is 2.31 bits per heavy atom. The monoisotopic (exact) mass is 476 g/mol. The summed E-state index contributed by atoms with van der Waals surface area (Å²) in [5.74, 6) is -1.57. The van der Waals surface area contributed by atoms with E-state index < -0.39 is 12.1 Å². The molecule has 0 saturated heterocycles. The highest BCUT2D eigenvalue weighted by atomic mass is 16.5. The minimum atomic E-state index is -1.17. The molecule has 0 saturated carbocycles. The van der Waals surface area contributed by atoms with E-state index in [9.17, 15) is 19.5 Å². The van der Waals surface area contributed by atoms with E-state index in [1.807, 2.05) is 31.2 Å². The van der Waals surface area contributed by atoms with E-state index in [0.717, 1.165) is 22.3 Å². The number of hydrogen-bond donors (Lipinski definition) is 3. The molecule has 182 valence electrons. The Balaban J connectivity index is 1.29. The lowest BCUT2D eigenvalue weighted by Gasteiger charge is -2.19. The van der Waals surface area contributed by atoms with Crippen molar-refractivity contribution >= 4 is 23.8 Å². The molecule has 1 aliphatic rings. The molecule has 0 fully saturated rings. The van der Waals surface area contributed by atoms with Crippen LogP contribution < -0.4 is 10.6 Å². The fourth-order valence-corrected chi connectivity index (χ4v) is 4.42. The van der Waals surface area contributed by atoms with Gasteiger partial charge in [-0.25, -0.2) is 9.59 Å². The standard InChI is InChI=1S/C26H28N4O5/c1-3-16(12-13-23(31)28-24-21(25(32)33)14-30(2)29-24)27-26(34)35-15-22-19-10-6-4-8-17(19)18-9-5-7-11-20(18)22/h4-11,14,16,22H,3,12-13,15H2,1-2H3,(H,27,34)(H,32,33)(H,28,29,31). The van der Waals surface area contributed by atoms with E-state index >= 15 is 0 Å². The average molecular weight is 477 g/mol. The molecule has 1 aromatic heterocycles. The first-order valence-electron chi connectivity index (χ1n) is 11.6. The third kappa shape index (κ3) is 5.34. The van der Waals surface area contributed by atoms with Crippen LogP contribution in [0.15, 0.2) is 54.7 Å². The lowest BCUT2D eigenvalue weighted by atomic mass is 9.98. The number of benzene rings is 2. The molecule has 2 aromatic carbocycles. The fourth-order valence-electron chi connectivity index (χ4n) is 4.42. The number of carboxylic acid groups (broad SMARTS) is 1. The van der Waals surface area contributed by atoms with Crippen LogP contribution >= 0.6 is 0 Å². The van der Waals surface area contributed by atoms with Crippen LogP contribution in [0.4, 0.5) is 10.6 Å². The number of rotatable bonds is 9. The smallest absolute Gasteiger partial charge is 0.407 e. The van der Waals surface area contributed by atoms with Crippen molar-refractivity contribution < 1.29 is 24.2 Å². The Kier molecular flexibility index (Phi) is 7.14. The van der Waals surface area contributed by atoms with Crippen molar-refractivity contribution in [3.63, 3.8) is 0 Å². The van der Waals surface area contributed by atoms with E-state index in [1.54, 1.807) is 7.05 Å². The predicted octanol–water partition coefficient (Wildman–Crippen LogP) is 4.15. The van der Waals surface area contributed by atoms with Crippen LogP contribution in [0.2, 0.25) is 0 Å². The summed E-state index contributed by atoms with van der Waals surface area (Å²) in [6.07, 6.45) is 1.88. The van der Waals surface area contributed by atoms with Crippen LogP contribution in [-0.4, -0.2) is 45.5 Å². The number of anilines is 1. The number of hydrogen-bond acceptors (Lipinski definition) is 5. The first-order chi connectivity index (χ1) is 16.9. The van der Waals surface area contributed by atoms with Gasteiger partial charge in [0.1, 0.15) is 12.2 Å². The van der Waals surface area contributed by atoms with E-state index in [2.05, 4.69) is 40.0 Å². The molecule has 0 bridgehead atoms. The Morgan fingerprint density at radius 2 is 1.71 bits per heavy atom. The molecule has 3 aromatic rings. The molecule has 1 atom stereocenters. The Labute approximate surface area is 203 Å². The van der Waals surface area contributed by atoms with Gasteiger partial charge in [-0.3, -0.25) is 9.48 Å². The molecule has 0 spiro atoms. The summed E-state index contributed by atoms with van der Waals surface area (Å²) in [4.78, 5) is 36.2. The van der Waals surface area contributed by atoms with Gasteiger partial charge in [-0.2, -0.15) is 5.10 Å². The highest BCUT2D eigenvalue weighted by molar-refractivity contribution is 5.99. The van der Waals surface area contributed by atoms with Gasteiger partial charge >= 0.3 is 12.1 Å². The van der Waals surface area contributed by atoms with Crippen molar-refractivity contribution in [1.82, 2.24) is 15.1 Å². The molecule has 4 rings (SSSR count). The van der Waals surface area contributed by atoms with Crippen molar-refractivity contribution in [2.75, 3.05) is 11.9 Å². The molecule has 0 radical (unpaired) electrons. The maximum absolute atomic E-state index is 12.5. The van der Waals surface area contributed by atoms with Crippen molar-refractivity contribution in [2.45, 2.75) is 38.1 Å². The number of carbonyl (C=O) groups excluding carboxylic acids is 2. The molecular formula is C26H28N4O5. The van der Waals surface area contributed by atoms with E-state index in [4.69, 9.17) is 4.74 Å². The van der Waals surface area contributed by atoms with Gasteiger partial charge in [-0.05, 0) is 35.1 Å². The summed E-state index contributed by atoms with van der Waals surface area (Å²) < 4.78 is 6.92. The van der Waals surface area contributed by atoms with Gasteiger partial charge in [-0.15, -0.1) is 0 Å². The first kappa shape index (κ1) is 24.0. The number of alkyl carbamates (subject to hydrolysis) is 1. The summed E-state index contributed by atoms with van der Waals surface area (Å²) in [6.45, 7) is 2.13. The van der Waals surface area contributed by atoms with Gasteiger partial charge in [0.05, 0.1) is 0 Å². The second-order valence-electron chi connectivity index (χ2n) is 8.53. The number of nitrogens with zero attached hydrogens (tertiary/aromatic N) is 2. The highest BCUT2D eigenvalue weighted by Gasteiger charge is 2.29. The van der Waals surface area contributed by atoms with Gasteiger partial charge < -0.3 is 20.5 Å². The van der Waals surface area contributed by atoms with Gasteiger partial charge in [-0.1, -0.05) is 55.5 Å². The first-order valence-corrected chi connectivity index (χ1v) is 11.6. The largest absolute Gasteiger partial charge is 0.477 e. The summed E-state index contributed by atoms with van der Waals surface area (Å²) in [5, 5.41) is 18.6. The quantitative estimate of drug-likeness (QED) is 0.426. The van der Waals surface area contributed by atoms with Gasteiger partial charge in [0, 0.05) is 31.6 Å². The van der Waals surface area contributed by atoms with Crippen molar-refractivity contribution in [3.05, 3.63) is 71.4 Å². The zero-order valence-corrected chi connectivity index (χ0v) is 19.7. The predicted molar refractivity (Wildman–Crippen MR) is 130 cm³/mol. The van der Waals surface area contributed by atoms with Crippen molar-refractivity contribution in [1.29, 1.82) is 0 Å². The Bertz CT molecular complexity index is 1210. The molecule has 1 unspecified atom stereocenters. The lowest BCUT2D eigenvalue weighted by Crippen LogP contribution is -2.36. The maximum atomic E-state index is 12.5. The number of carboxylic acids is 1. The van der Waals surface area contributed by atoms with Gasteiger partial charge in [0.25, 0.3) is 0 Å². The molecule has 0 aliphatic heterocycles. The molecule has 9 nitrogen and oxygen atoms in total. The number of aryl methyl sites for hydroxylation is 1. The molecule has 2 amide bonds. The maximum Gasteiger partial charge on any atom is 0.407 e. The van der Waals surface area contributed by atoms with Crippen LogP contribution in [0.25, 0.3) is 11.1 Å². The lowest BCUT2D eigenvalue weighted by molar-refractivity contribution is -0.116. The van der Waals surface area contributed by atoms with E-state index in [-0.39, 0.29) is 42.3 Å². The normalized spacial score (nSPS) is 13.0. The zero-order chi connectivity index (χ0) is 24.9. The highest BCUT2D eigenvalue weighted by Crippen LogP contribution is 2.44. The Hall–Kier alpha value is -4.14. The van der Waals surface area contributed by atoms with Crippen LogP contribution in [0.5, 0.6) is 0 Å². The summed E-state index contributed by atoms with van der Waals surface area (Å²) >= 11 is 0. The second kappa shape index (κ2) is 10.4. The molecule has 1 heterocycles. The number of carbonyl (C=O) groups is 3. The number of amides is 2. The topological polar surface area (TPSA) is 123 Å². The number of aromatic carboxylic acids is 1. The molecular weight excluding hydrogens is 448 g/mol. The molecule has 35 heavy (non-hydrogen) atoms. The van der Waals surface area contributed by atoms with Crippen molar-refractivity contribution in [3.8, 4) is 11.1 Å². The summed E-state index contributed by atoms with van der Waals surface area (Å²) in [6, 6.07) is 16.0. The third-order valence-electron chi connectivity index (χ3n) is 6.20. The minimum absolute atomic E-state index is 0.00236. The summed E-state index contributed by atoms with van der Waals surface area (Å²) in [7, 11) is 1.58. The van der Waals surface area contributed by atoms with Crippen LogP contribution in [0.1, 0.15) is 53.6 Å². The third-order valence-corrected chi connectivity index (χ3v) is 6.20. The Morgan fingerprint density at radius 1 is 1.09 bits per heavy atom. The van der Waals surface area contributed by atoms with Crippen LogP contribution in [-0.2, 0) is 16.6 Å². The van der Waals surface area contributed by atoms with Gasteiger partial charge in [0.15, 0.2) is 5.82 Å². The van der Waals surface area contributed by atoms with E-state index in [1.165, 1.54) is 10.9 Å². The minimum Gasteiger partial charge on any atom is -0.477 e. The molecule has 1 aliphatic carbocycles. The van der Waals surface area contributed by atoms with E-state index in [0.29, 0.717) is 12.8 Å². The number of fused-ring (bicyclic) bond motifs is 3. The number of ether oxygens (including phenoxy) is 1.